The van der Waals surface area contributed by atoms with Crippen LogP contribution in [0.15, 0.2) is 0 Å². The van der Waals surface area contributed by atoms with Gasteiger partial charge in [-0.2, -0.15) is 37.0 Å². The molecule has 47 heteroatoms. The first-order valence-corrected chi connectivity index (χ1v) is 38.0. The molecule has 0 spiro atoms. The maximum absolute atomic E-state index is 13.4. The summed E-state index contributed by atoms with van der Waals surface area (Å²) >= 11 is 9.20. The number of thioether (sulfide) groups is 1. The van der Waals surface area contributed by atoms with Crippen molar-refractivity contribution in [2.24, 2.45) is 5.41 Å². The van der Waals surface area contributed by atoms with E-state index in [1.54, 1.807) is 6.92 Å². The molecular weight excluding hydrogens is 1570 g/mol. The molecule has 6 aliphatic heterocycles. The standard InChI is InChI=1S/C65H101N3O41S3/c1-8-40(73)91-22-38-35(106-108-63-49(82)47(80)52(55(103-63)58(86)87)101-60-31(66-28(4)70)18-34(105-90-7)37(21-69)97-60)19-33(68-30(6)72)62(98-38)102-53-48(81)50(83)64(104-56(53)59(88)89)109-107-36-20-32(67-29(5)71)61(100-51-46(79)45(78)27(3)96-54(51)57(84)85)99-39(36)23-92-43(76)12-16-112-17-13-44(77)95-26-65(9-2,24-93-41(74)10-14-110)25-94-42(75)11-15-111/h27,31-39,45-56,60-64,69,78-83,110-111H,8-26H2,1-7H3,(H,66,70)(H,67,71)(H,68,72)(H,84,85)(H,86,87)(H,88,89)/t27?,31-,32-,33?,34?,35-,36-,37-,38-,39?,45?,46?,47?,48?,49?,50?,51+,52+,53+,54?,55?,56?,60-,61-,62-,63?,64?/m0/s1. The molecule has 6 heterocycles. The van der Waals surface area contributed by atoms with E-state index >= 15 is 0 Å². The van der Waals surface area contributed by atoms with E-state index in [0.29, 0.717) is 0 Å². The third-order valence-electron chi connectivity index (χ3n) is 18.3. The number of carbonyl (C=O) groups is 11. The van der Waals surface area contributed by atoms with Crippen molar-refractivity contribution in [1.29, 1.82) is 0 Å². The summed E-state index contributed by atoms with van der Waals surface area (Å²) in [5.74, 6) is -10.5. The van der Waals surface area contributed by atoms with Gasteiger partial charge in [0.2, 0.25) is 30.3 Å². The Bertz CT molecular complexity index is 3060. The molecule has 15 unspecified atom stereocenters. The Hall–Kier alpha value is -5.66. The fraction of sp³-hybridized carbons (Fsp3) is 0.831. The minimum atomic E-state index is -2.39. The largest absolute Gasteiger partial charge is 0.479 e. The average Bonchev–Trinajstić information content (AvgIpc) is 0.786. The van der Waals surface area contributed by atoms with Gasteiger partial charge in [0.1, 0.15) is 125 Å². The molecule has 112 heavy (non-hydrogen) atoms. The molecule has 27 atom stereocenters. The van der Waals surface area contributed by atoms with Crippen LogP contribution in [0.1, 0.15) is 99.3 Å². The van der Waals surface area contributed by atoms with Crippen LogP contribution < -0.4 is 16.0 Å². The molecule has 44 nitrogen and oxygen atoms in total. The van der Waals surface area contributed by atoms with Gasteiger partial charge in [0.25, 0.3) is 0 Å². The monoisotopic (exact) mass is 1680 g/mol. The van der Waals surface area contributed by atoms with Crippen LogP contribution >= 0.6 is 37.0 Å². The molecule has 0 saturated carbocycles. The van der Waals surface area contributed by atoms with Gasteiger partial charge in [-0.15, -0.1) is 0 Å². The third kappa shape index (κ3) is 27.8. The van der Waals surface area contributed by atoms with E-state index in [4.69, 9.17) is 95.6 Å². The second-order valence-electron chi connectivity index (χ2n) is 26.7. The lowest BCUT2D eigenvalue weighted by Gasteiger charge is -2.46. The number of aliphatic carboxylic acids is 3. The Morgan fingerprint density at radius 1 is 0.446 bits per heavy atom. The number of rotatable bonds is 43. The first-order chi connectivity index (χ1) is 53.1. The van der Waals surface area contributed by atoms with Crippen molar-refractivity contribution < 1.29 is 199 Å². The number of carboxylic acid groups (broad SMARTS) is 3. The second-order valence-corrected chi connectivity index (χ2v) is 28.8. The molecule has 6 rings (SSSR count). The van der Waals surface area contributed by atoms with Crippen molar-refractivity contribution in [3.05, 3.63) is 0 Å². The van der Waals surface area contributed by atoms with Crippen LogP contribution in [0, 0.1) is 5.41 Å². The molecule has 640 valence electrons. The van der Waals surface area contributed by atoms with Gasteiger partial charge >= 0.3 is 47.8 Å². The summed E-state index contributed by atoms with van der Waals surface area (Å²) in [6.07, 6.45) is -47.0. The summed E-state index contributed by atoms with van der Waals surface area (Å²) in [6.45, 7) is 4.65. The van der Waals surface area contributed by atoms with Crippen molar-refractivity contribution in [2.45, 2.75) is 265 Å². The Labute approximate surface area is 655 Å². The van der Waals surface area contributed by atoms with Gasteiger partial charge in [0, 0.05) is 69.5 Å². The Morgan fingerprint density at radius 2 is 0.795 bits per heavy atom. The van der Waals surface area contributed by atoms with E-state index in [1.165, 1.54) is 21.0 Å². The van der Waals surface area contributed by atoms with Crippen molar-refractivity contribution in [2.75, 3.05) is 69.8 Å². The predicted octanol–water partition coefficient (Wildman–Crippen LogP) is -5.09. The van der Waals surface area contributed by atoms with Crippen LogP contribution in [0.2, 0.25) is 0 Å². The fourth-order valence-electron chi connectivity index (χ4n) is 12.1. The van der Waals surface area contributed by atoms with Crippen molar-refractivity contribution in [3.8, 4) is 0 Å². The highest BCUT2D eigenvalue weighted by atomic mass is 32.2. The van der Waals surface area contributed by atoms with Crippen LogP contribution in [0.5, 0.6) is 0 Å². The third-order valence-corrected chi connectivity index (χ3v) is 19.7. The van der Waals surface area contributed by atoms with Crippen LogP contribution in [0.25, 0.3) is 0 Å². The minimum absolute atomic E-state index is 0.000400. The number of hydrogen-bond donors (Lipinski definition) is 15. The summed E-state index contributed by atoms with van der Waals surface area (Å²) < 4.78 is 79.7. The smallest absolute Gasteiger partial charge is 0.335 e. The summed E-state index contributed by atoms with van der Waals surface area (Å²) in [7, 11) is 1.17. The van der Waals surface area contributed by atoms with E-state index in [9.17, 15) is 104 Å². The number of carbonyl (C=O) groups excluding carboxylic acids is 8. The number of aliphatic hydroxyl groups excluding tert-OH is 7. The molecular formula is C65H101N3O41S3. The fourth-order valence-corrected chi connectivity index (χ4v) is 13.3. The average molecular weight is 1680 g/mol. The van der Waals surface area contributed by atoms with E-state index in [2.05, 4.69) is 41.2 Å². The topological polar surface area (TPSA) is 611 Å². The van der Waals surface area contributed by atoms with E-state index in [0.717, 1.165) is 32.5 Å². The van der Waals surface area contributed by atoms with Crippen molar-refractivity contribution in [1.82, 2.24) is 16.0 Å². The van der Waals surface area contributed by atoms with Gasteiger partial charge in [-0.25, -0.2) is 43.7 Å². The molecule has 0 aromatic carbocycles. The number of ether oxygens (including phenoxy) is 14. The summed E-state index contributed by atoms with van der Waals surface area (Å²) in [5.41, 5.74) is -1.09. The number of hydrogen-bond acceptors (Lipinski definition) is 41. The van der Waals surface area contributed by atoms with Crippen LogP contribution in [0.3, 0.4) is 0 Å². The molecule has 0 aliphatic carbocycles. The highest BCUT2D eigenvalue weighted by Gasteiger charge is 2.57. The van der Waals surface area contributed by atoms with E-state index in [-0.39, 0.29) is 87.8 Å². The zero-order valence-electron chi connectivity index (χ0n) is 62.0. The molecule has 6 fully saturated rings. The molecule has 0 bridgehead atoms. The lowest BCUT2D eigenvalue weighted by molar-refractivity contribution is -0.461. The maximum atomic E-state index is 13.4. The summed E-state index contributed by atoms with van der Waals surface area (Å²) in [6, 6.07) is -4.06. The van der Waals surface area contributed by atoms with E-state index in [1.807, 2.05) is 0 Å². The SMILES string of the molecule is CCC(=O)OC[C@@H]1O[C@@H](O[C@H]2C(C(=O)O)OC(OO[C@H]3C[C@H](NC(C)=O)[C@H](O[C@H]4C(C(=O)O)OC(C)C(O)C4O)OC3COC(=O)CCSCCC(=O)OCC(CC)(COC(=O)CCS)COC(=O)CCS)C(O)C2O)C(NC(C)=O)C[C@@H]1OOC1OC(C(=O)O)[C@H](O[C@@H]2O[C@@H](CO)C(OOC)C[C@@H]2NC(C)=O)C(O)C1O. The number of thiol groups is 2. The Balaban J connectivity index is 1.15. The number of aliphatic hydroxyl groups is 7. The summed E-state index contributed by atoms with van der Waals surface area (Å²) in [5, 5.41) is 117. The van der Waals surface area contributed by atoms with Gasteiger partial charge in [0.05, 0.1) is 69.0 Å². The molecule has 0 radical (unpaired) electrons. The maximum Gasteiger partial charge on any atom is 0.335 e. The number of nitrogens with one attached hydrogen (secondary N) is 3. The number of carboxylic acids is 3. The van der Waals surface area contributed by atoms with Crippen LogP contribution in [0.4, 0.5) is 0 Å². The highest BCUT2D eigenvalue weighted by Crippen LogP contribution is 2.37. The van der Waals surface area contributed by atoms with Crippen molar-refractivity contribution in [3.63, 3.8) is 0 Å². The minimum Gasteiger partial charge on any atom is -0.479 e. The normalized spacial score (nSPS) is 34.2. The second kappa shape index (κ2) is 46.3. The predicted molar refractivity (Wildman–Crippen MR) is 370 cm³/mol. The molecule has 13 N–H and O–H groups in total. The Morgan fingerprint density at radius 3 is 1.14 bits per heavy atom. The summed E-state index contributed by atoms with van der Waals surface area (Å²) in [4.78, 5) is 172. The molecule has 0 aromatic heterocycles. The van der Waals surface area contributed by atoms with Gasteiger partial charge in [0.15, 0.2) is 37.2 Å². The molecule has 6 aliphatic rings. The lowest BCUT2D eigenvalue weighted by Crippen LogP contribution is -2.65. The highest BCUT2D eigenvalue weighted by molar-refractivity contribution is 7.99. The van der Waals surface area contributed by atoms with Gasteiger partial charge in [-0.1, -0.05) is 13.8 Å². The zero-order valence-corrected chi connectivity index (χ0v) is 64.6. The van der Waals surface area contributed by atoms with E-state index < -0.39 is 269 Å². The van der Waals surface area contributed by atoms with Crippen LogP contribution in [-0.2, 0) is 148 Å². The first-order valence-electron chi connectivity index (χ1n) is 35.6. The Kier molecular flexibility index (Phi) is 39.4. The molecule has 6 saturated heterocycles. The quantitative estimate of drug-likeness (QED) is 0.00678. The van der Waals surface area contributed by atoms with Gasteiger partial charge in [-0.3, -0.25) is 38.4 Å². The number of esters is 5. The van der Waals surface area contributed by atoms with Crippen molar-refractivity contribution >= 4 is 102 Å². The van der Waals surface area contributed by atoms with Crippen LogP contribution in [-0.4, -0.2) is 352 Å². The lowest BCUT2D eigenvalue weighted by atomic mass is 9.88. The van der Waals surface area contributed by atoms with Gasteiger partial charge in [-0.05, 0) is 13.3 Å². The first kappa shape index (κ1) is 95.2. The number of amides is 3. The molecule has 3 amide bonds. The zero-order chi connectivity index (χ0) is 82.8. The van der Waals surface area contributed by atoms with Gasteiger partial charge < -0.3 is 133 Å². The molecule has 0 aromatic rings.